The van der Waals surface area contributed by atoms with Crippen molar-refractivity contribution in [3.05, 3.63) is 71.4 Å². The molecule has 0 unspecified atom stereocenters. The number of carbonyl (C=O) groups is 1. The number of piperidine rings is 1. The summed E-state index contributed by atoms with van der Waals surface area (Å²) in [7, 11) is 3.26. The van der Waals surface area contributed by atoms with Gasteiger partial charge in [-0.25, -0.2) is 4.98 Å². The molecule has 2 aromatic carbocycles. The molecule has 8 nitrogen and oxygen atoms in total. The van der Waals surface area contributed by atoms with Gasteiger partial charge in [0.15, 0.2) is 5.65 Å². The van der Waals surface area contributed by atoms with Crippen LogP contribution in [0.1, 0.15) is 29.7 Å². The number of hydrogen-bond donors (Lipinski definition) is 1. The molecule has 0 aliphatic carbocycles. The molecule has 0 saturated carbocycles. The molecule has 1 aliphatic rings. The van der Waals surface area contributed by atoms with E-state index in [2.05, 4.69) is 47.5 Å². The van der Waals surface area contributed by atoms with Gasteiger partial charge < -0.3 is 19.7 Å². The first-order chi connectivity index (χ1) is 17.9. The first-order valence-corrected chi connectivity index (χ1v) is 12.6. The number of methoxy groups -OCH3 is 2. The largest absolute Gasteiger partial charge is 0.497 e. The Morgan fingerprint density at radius 1 is 1.00 bits per heavy atom. The van der Waals surface area contributed by atoms with Crippen LogP contribution in [0.3, 0.4) is 0 Å². The Bertz CT molecular complexity index is 1410. The van der Waals surface area contributed by atoms with Crippen molar-refractivity contribution >= 4 is 17.4 Å². The molecule has 192 valence electrons. The van der Waals surface area contributed by atoms with Gasteiger partial charge in [-0.3, -0.25) is 4.79 Å². The van der Waals surface area contributed by atoms with Crippen LogP contribution in [0.5, 0.6) is 11.5 Å². The molecule has 1 aliphatic heterocycles. The number of aromatic nitrogens is 3. The fourth-order valence-corrected chi connectivity index (χ4v) is 4.89. The van der Waals surface area contributed by atoms with Crippen molar-refractivity contribution in [2.45, 2.75) is 33.2 Å². The Labute approximate surface area is 217 Å². The molecule has 1 fully saturated rings. The number of hydrogen-bond acceptors (Lipinski definition) is 6. The molecule has 37 heavy (non-hydrogen) atoms. The number of nitrogens with one attached hydrogen (secondary N) is 1. The molecule has 5 rings (SSSR count). The monoisotopic (exact) mass is 499 g/mol. The second-order valence-electron chi connectivity index (χ2n) is 9.58. The van der Waals surface area contributed by atoms with Gasteiger partial charge >= 0.3 is 0 Å². The molecule has 0 spiro atoms. The maximum absolute atomic E-state index is 13.0. The number of aryl methyl sites for hydroxylation is 2. The minimum absolute atomic E-state index is 0.0352. The van der Waals surface area contributed by atoms with Crippen LogP contribution < -0.4 is 19.7 Å². The molecule has 4 aromatic rings. The van der Waals surface area contributed by atoms with E-state index in [0.717, 1.165) is 71.4 Å². The zero-order valence-corrected chi connectivity index (χ0v) is 21.8. The lowest BCUT2D eigenvalue weighted by Crippen LogP contribution is -2.41. The topological polar surface area (TPSA) is 81.0 Å². The summed E-state index contributed by atoms with van der Waals surface area (Å²) in [6, 6.07) is 18.1. The van der Waals surface area contributed by atoms with E-state index in [1.54, 1.807) is 14.2 Å². The molecule has 1 amide bonds. The van der Waals surface area contributed by atoms with Crippen molar-refractivity contribution in [3.63, 3.8) is 0 Å². The number of ether oxygens (including phenoxy) is 2. The van der Waals surface area contributed by atoms with Gasteiger partial charge in [-0.1, -0.05) is 29.8 Å². The zero-order chi connectivity index (χ0) is 25.9. The average molecular weight is 500 g/mol. The highest BCUT2D eigenvalue weighted by Crippen LogP contribution is 2.28. The summed E-state index contributed by atoms with van der Waals surface area (Å²) in [6.07, 6.45) is 1.55. The fraction of sp³-hybridized carbons (Fsp3) is 0.345. The Morgan fingerprint density at radius 2 is 1.76 bits per heavy atom. The quantitative estimate of drug-likeness (QED) is 0.401. The molecule has 0 atom stereocenters. The van der Waals surface area contributed by atoms with E-state index in [1.165, 1.54) is 5.56 Å². The average Bonchev–Trinajstić information content (AvgIpc) is 3.35. The summed E-state index contributed by atoms with van der Waals surface area (Å²) in [5, 5.41) is 7.98. The lowest BCUT2D eigenvalue weighted by atomic mass is 9.95. The van der Waals surface area contributed by atoms with Gasteiger partial charge in [0.05, 0.1) is 19.9 Å². The van der Waals surface area contributed by atoms with Gasteiger partial charge in [-0.05, 0) is 44.9 Å². The summed E-state index contributed by atoms with van der Waals surface area (Å²) in [5.41, 5.74) is 5.87. The molecule has 1 saturated heterocycles. The highest BCUT2D eigenvalue weighted by Gasteiger charge is 2.27. The van der Waals surface area contributed by atoms with E-state index in [9.17, 15) is 4.79 Å². The van der Waals surface area contributed by atoms with Crippen LogP contribution >= 0.6 is 0 Å². The fourth-order valence-electron chi connectivity index (χ4n) is 4.89. The highest BCUT2D eigenvalue weighted by atomic mass is 16.5. The standard InChI is InChI=1S/C29H33N5O3/c1-19-5-7-21(8-6-19)25-17-27-31-20(2)15-28(34(27)32-25)33-13-11-22(12-14-33)29(35)30-18-23-16-24(36-3)9-10-26(23)37-4/h5-10,15-17,22H,11-14,18H2,1-4H3,(H,30,35). The maximum Gasteiger partial charge on any atom is 0.223 e. The molecule has 8 heteroatoms. The number of anilines is 1. The third kappa shape index (κ3) is 5.23. The number of rotatable bonds is 7. The Hall–Kier alpha value is -4.07. The number of fused-ring (bicyclic) bond motifs is 1. The molecule has 0 bridgehead atoms. The first-order valence-electron chi connectivity index (χ1n) is 12.6. The highest BCUT2D eigenvalue weighted by molar-refractivity contribution is 5.79. The van der Waals surface area contributed by atoms with Crippen LogP contribution in [0.15, 0.2) is 54.6 Å². The van der Waals surface area contributed by atoms with Gasteiger partial charge in [-0.15, -0.1) is 0 Å². The molecule has 0 radical (unpaired) electrons. The van der Waals surface area contributed by atoms with Gasteiger partial charge in [0, 0.05) is 54.5 Å². The van der Waals surface area contributed by atoms with E-state index in [1.807, 2.05) is 35.7 Å². The van der Waals surface area contributed by atoms with Crippen molar-refractivity contribution in [2.75, 3.05) is 32.2 Å². The predicted octanol–water partition coefficient (Wildman–Crippen LogP) is 4.56. The number of carbonyl (C=O) groups excluding carboxylic acids is 1. The third-order valence-electron chi connectivity index (χ3n) is 7.01. The Kier molecular flexibility index (Phi) is 6.99. The minimum atomic E-state index is -0.0352. The van der Waals surface area contributed by atoms with E-state index >= 15 is 0 Å². The Balaban J connectivity index is 1.27. The summed E-state index contributed by atoms with van der Waals surface area (Å²) in [4.78, 5) is 20.0. The number of benzene rings is 2. The van der Waals surface area contributed by atoms with E-state index in [4.69, 9.17) is 19.6 Å². The van der Waals surface area contributed by atoms with E-state index in [-0.39, 0.29) is 11.8 Å². The minimum Gasteiger partial charge on any atom is -0.497 e. The summed E-state index contributed by atoms with van der Waals surface area (Å²) < 4.78 is 12.7. The normalized spacial score (nSPS) is 14.1. The van der Waals surface area contributed by atoms with Crippen molar-refractivity contribution in [1.29, 1.82) is 0 Å². The van der Waals surface area contributed by atoms with Gasteiger partial charge in [0.25, 0.3) is 0 Å². The third-order valence-corrected chi connectivity index (χ3v) is 7.01. The predicted molar refractivity (Wildman–Crippen MR) is 144 cm³/mol. The van der Waals surface area contributed by atoms with E-state index < -0.39 is 0 Å². The van der Waals surface area contributed by atoms with Crippen LogP contribution in [0.4, 0.5) is 5.82 Å². The lowest BCUT2D eigenvalue weighted by molar-refractivity contribution is -0.125. The molecular weight excluding hydrogens is 466 g/mol. The smallest absolute Gasteiger partial charge is 0.223 e. The maximum atomic E-state index is 13.0. The van der Waals surface area contributed by atoms with Crippen molar-refractivity contribution in [1.82, 2.24) is 19.9 Å². The first kappa shape index (κ1) is 24.6. The van der Waals surface area contributed by atoms with E-state index in [0.29, 0.717) is 6.54 Å². The summed E-state index contributed by atoms with van der Waals surface area (Å²) >= 11 is 0. The van der Waals surface area contributed by atoms with Gasteiger partial charge in [0.2, 0.25) is 5.91 Å². The molecule has 3 heterocycles. The van der Waals surface area contributed by atoms with Crippen molar-refractivity contribution in [3.8, 4) is 22.8 Å². The van der Waals surface area contributed by atoms with Crippen molar-refractivity contribution in [2.24, 2.45) is 5.92 Å². The van der Waals surface area contributed by atoms with Crippen LogP contribution in [0.25, 0.3) is 16.9 Å². The molecule has 2 aromatic heterocycles. The van der Waals surface area contributed by atoms with Crippen molar-refractivity contribution < 1.29 is 14.3 Å². The second kappa shape index (κ2) is 10.5. The molecule has 1 N–H and O–H groups in total. The van der Waals surface area contributed by atoms with Gasteiger partial charge in [0.1, 0.15) is 17.3 Å². The SMILES string of the molecule is COc1ccc(OC)c(CNC(=O)C2CCN(c3cc(C)nc4cc(-c5ccc(C)cc5)nn34)CC2)c1. The Morgan fingerprint density at radius 3 is 2.46 bits per heavy atom. The number of nitrogens with zero attached hydrogens (tertiary/aromatic N) is 4. The van der Waals surface area contributed by atoms with Crippen LogP contribution in [-0.4, -0.2) is 47.8 Å². The summed E-state index contributed by atoms with van der Waals surface area (Å²) in [5.74, 6) is 2.52. The lowest BCUT2D eigenvalue weighted by Gasteiger charge is -2.33. The van der Waals surface area contributed by atoms with Crippen LogP contribution in [0, 0.1) is 19.8 Å². The second-order valence-corrected chi connectivity index (χ2v) is 9.58. The molecular formula is C29H33N5O3. The van der Waals surface area contributed by atoms with Gasteiger partial charge in [-0.2, -0.15) is 9.61 Å². The summed E-state index contributed by atoms with van der Waals surface area (Å²) in [6.45, 7) is 6.04. The zero-order valence-electron chi connectivity index (χ0n) is 21.8. The number of amides is 1. The van der Waals surface area contributed by atoms with Crippen LogP contribution in [0.2, 0.25) is 0 Å². The van der Waals surface area contributed by atoms with Crippen LogP contribution in [-0.2, 0) is 11.3 Å².